The number of nitrogens with zero attached hydrogens (tertiary/aromatic N) is 2. The van der Waals surface area contributed by atoms with Gasteiger partial charge in [0, 0.05) is 26.6 Å². The van der Waals surface area contributed by atoms with E-state index in [-0.39, 0.29) is 12.0 Å². The van der Waals surface area contributed by atoms with Gasteiger partial charge in [-0.05, 0) is 20.8 Å². The van der Waals surface area contributed by atoms with Crippen molar-refractivity contribution in [3.8, 4) is 0 Å². The normalized spacial score (nSPS) is 15.4. The zero-order valence-corrected chi connectivity index (χ0v) is 12.7. The minimum Gasteiger partial charge on any atom is -0.444 e. The molecule has 0 saturated heterocycles. The van der Waals surface area contributed by atoms with Crippen molar-refractivity contribution in [2.24, 2.45) is 4.99 Å². The lowest BCUT2D eigenvalue weighted by molar-refractivity contribution is -0.120. The maximum absolute atomic E-state index is 11.9. The van der Waals surface area contributed by atoms with E-state index in [1.54, 1.807) is 11.9 Å². The zero-order chi connectivity index (χ0) is 15.2. The van der Waals surface area contributed by atoms with E-state index in [4.69, 9.17) is 4.74 Å². The van der Waals surface area contributed by atoms with Gasteiger partial charge < -0.3 is 15.4 Å². The van der Waals surface area contributed by atoms with Crippen molar-refractivity contribution in [3.05, 3.63) is 0 Å². The van der Waals surface area contributed by atoms with Gasteiger partial charge in [-0.3, -0.25) is 14.7 Å². The SMILES string of the molecule is CNC(=O)CCNC1=NCCN(C(=O)OC(C)(C)C)C1. The van der Waals surface area contributed by atoms with Gasteiger partial charge in [0.1, 0.15) is 11.4 Å². The fourth-order valence-corrected chi connectivity index (χ4v) is 1.65. The summed E-state index contributed by atoms with van der Waals surface area (Å²) >= 11 is 0. The molecule has 0 radical (unpaired) electrons. The number of rotatable bonds is 3. The van der Waals surface area contributed by atoms with Crippen LogP contribution in [0.25, 0.3) is 0 Å². The van der Waals surface area contributed by atoms with Gasteiger partial charge in [-0.25, -0.2) is 4.79 Å². The second-order valence-corrected chi connectivity index (χ2v) is 5.58. The number of ether oxygens (including phenoxy) is 1. The molecule has 0 aliphatic carbocycles. The molecule has 0 saturated carbocycles. The molecule has 1 aliphatic rings. The van der Waals surface area contributed by atoms with Crippen molar-refractivity contribution >= 4 is 17.8 Å². The number of carbonyl (C=O) groups is 2. The second kappa shape index (κ2) is 7.12. The molecule has 0 unspecified atom stereocenters. The average Bonchev–Trinajstić information content (AvgIpc) is 2.37. The largest absolute Gasteiger partial charge is 0.444 e. The van der Waals surface area contributed by atoms with Gasteiger partial charge in [-0.1, -0.05) is 0 Å². The van der Waals surface area contributed by atoms with Crippen molar-refractivity contribution in [1.82, 2.24) is 15.5 Å². The summed E-state index contributed by atoms with van der Waals surface area (Å²) in [6, 6.07) is 0. The molecule has 0 aromatic rings. The van der Waals surface area contributed by atoms with Gasteiger partial charge in [0.15, 0.2) is 0 Å². The van der Waals surface area contributed by atoms with Gasteiger partial charge >= 0.3 is 6.09 Å². The summed E-state index contributed by atoms with van der Waals surface area (Å²) in [6.45, 7) is 7.50. The van der Waals surface area contributed by atoms with Crippen LogP contribution in [0.3, 0.4) is 0 Å². The predicted molar refractivity (Wildman–Crippen MR) is 76.8 cm³/mol. The number of hydrogen-bond donors (Lipinski definition) is 2. The third kappa shape index (κ3) is 5.90. The van der Waals surface area contributed by atoms with Crippen LogP contribution >= 0.6 is 0 Å². The van der Waals surface area contributed by atoms with E-state index in [0.717, 1.165) is 0 Å². The fourth-order valence-electron chi connectivity index (χ4n) is 1.65. The first-order valence-electron chi connectivity index (χ1n) is 6.77. The molecule has 0 aromatic carbocycles. The molecule has 114 valence electrons. The quantitative estimate of drug-likeness (QED) is 0.784. The molecule has 7 nitrogen and oxygen atoms in total. The molecule has 0 aromatic heterocycles. The van der Waals surface area contributed by atoms with Crippen LogP contribution in [0.5, 0.6) is 0 Å². The smallest absolute Gasteiger partial charge is 0.410 e. The van der Waals surface area contributed by atoms with E-state index in [1.807, 2.05) is 20.8 Å². The van der Waals surface area contributed by atoms with Crippen molar-refractivity contribution in [2.75, 3.05) is 33.2 Å². The van der Waals surface area contributed by atoms with Gasteiger partial charge in [0.05, 0.1) is 13.1 Å². The summed E-state index contributed by atoms with van der Waals surface area (Å²) in [7, 11) is 1.60. The summed E-state index contributed by atoms with van der Waals surface area (Å²) in [5, 5.41) is 5.63. The van der Waals surface area contributed by atoms with Crippen LogP contribution in [0, 0.1) is 0 Å². The summed E-state index contributed by atoms with van der Waals surface area (Å²) in [6.07, 6.45) is 0.0418. The minimum absolute atomic E-state index is 0.0297. The Morgan fingerprint density at radius 2 is 2.10 bits per heavy atom. The van der Waals surface area contributed by atoms with Crippen LogP contribution in [0.1, 0.15) is 27.2 Å². The highest BCUT2D eigenvalue weighted by Gasteiger charge is 2.24. The van der Waals surface area contributed by atoms with E-state index in [2.05, 4.69) is 15.6 Å². The van der Waals surface area contributed by atoms with Crippen LogP contribution in [-0.2, 0) is 9.53 Å². The van der Waals surface area contributed by atoms with Crippen LogP contribution in [0.15, 0.2) is 4.99 Å². The molecule has 1 heterocycles. The Morgan fingerprint density at radius 3 is 2.70 bits per heavy atom. The number of amidine groups is 1. The van der Waals surface area contributed by atoms with E-state index < -0.39 is 5.60 Å². The van der Waals surface area contributed by atoms with Crippen LogP contribution < -0.4 is 10.6 Å². The Hall–Kier alpha value is -1.79. The molecule has 2 N–H and O–H groups in total. The molecule has 20 heavy (non-hydrogen) atoms. The number of hydrogen-bond acceptors (Lipinski definition) is 5. The Kier molecular flexibility index (Phi) is 5.79. The van der Waals surface area contributed by atoms with Crippen LogP contribution in [-0.4, -0.2) is 61.6 Å². The molecule has 0 bridgehead atoms. The third-order valence-electron chi connectivity index (χ3n) is 2.62. The topological polar surface area (TPSA) is 83.0 Å². The number of carbonyl (C=O) groups excluding carboxylic acids is 2. The molecule has 0 fully saturated rings. The van der Waals surface area contributed by atoms with Crippen LogP contribution in [0.4, 0.5) is 4.79 Å². The third-order valence-corrected chi connectivity index (χ3v) is 2.62. The van der Waals surface area contributed by atoms with Gasteiger partial charge in [0.2, 0.25) is 5.91 Å². The van der Waals surface area contributed by atoms with E-state index >= 15 is 0 Å². The molecular weight excluding hydrogens is 260 g/mol. The first-order valence-corrected chi connectivity index (χ1v) is 6.77. The maximum Gasteiger partial charge on any atom is 0.410 e. The number of aliphatic imine (C=N–C) groups is 1. The first kappa shape index (κ1) is 16.3. The molecule has 7 heteroatoms. The van der Waals surface area contributed by atoms with Gasteiger partial charge in [0.25, 0.3) is 0 Å². The highest BCUT2D eigenvalue weighted by molar-refractivity contribution is 5.88. The summed E-state index contributed by atoms with van der Waals surface area (Å²) in [4.78, 5) is 29.0. The van der Waals surface area contributed by atoms with Crippen LogP contribution in [0.2, 0.25) is 0 Å². The Balaban J connectivity index is 2.40. The Morgan fingerprint density at radius 1 is 1.40 bits per heavy atom. The van der Waals surface area contributed by atoms with Gasteiger partial charge in [-0.2, -0.15) is 0 Å². The molecule has 0 atom stereocenters. The lowest BCUT2D eigenvalue weighted by Crippen LogP contribution is -2.47. The van der Waals surface area contributed by atoms with Gasteiger partial charge in [-0.15, -0.1) is 0 Å². The molecule has 0 spiro atoms. The molecule has 1 aliphatic heterocycles. The molecular formula is C13H24N4O3. The highest BCUT2D eigenvalue weighted by Crippen LogP contribution is 2.10. The fraction of sp³-hybridized carbons (Fsp3) is 0.769. The zero-order valence-electron chi connectivity index (χ0n) is 12.7. The lowest BCUT2D eigenvalue weighted by atomic mass is 10.2. The summed E-state index contributed by atoms with van der Waals surface area (Å²) < 4.78 is 5.33. The van der Waals surface area contributed by atoms with E-state index in [0.29, 0.717) is 38.4 Å². The summed E-state index contributed by atoms with van der Waals surface area (Å²) in [5.74, 6) is 0.684. The van der Waals surface area contributed by atoms with E-state index in [9.17, 15) is 9.59 Å². The monoisotopic (exact) mass is 284 g/mol. The minimum atomic E-state index is -0.502. The standard InChI is InChI=1S/C13H24N4O3/c1-13(2,3)20-12(19)17-8-7-16-10(9-17)15-6-5-11(18)14-4/h5-9H2,1-4H3,(H,14,18)(H,15,16). The van der Waals surface area contributed by atoms with Crippen molar-refractivity contribution in [3.63, 3.8) is 0 Å². The second-order valence-electron chi connectivity index (χ2n) is 5.58. The Labute approximate surface area is 119 Å². The lowest BCUT2D eigenvalue weighted by Gasteiger charge is -2.29. The first-order chi connectivity index (χ1) is 9.31. The maximum atomic E-state index is 11.9. The number of amides is 2. The number of nitrogens with one attached hydrogen (secondary N) is 2. The van der Waals surface area contributed by atoms with Crippen molar-refractivity contribution < 1.29 is 14.3 Å². The van der Waals surface area contributed by atoms with Crippen molar-refractivity contribution in [1.29, 1.82) is 0 Å². The highest BCUT2D eigenvalue weighted by atomic mass is 16.6. The summed E-state index contributed by atoms with van der Waals surface area (Å²) in [5.41, 5.74) is -0.502. The Bertz CT molecular complexity index is 388. The predicted octanol–water partition coefficient (Wildman–Crippen LogP) is 0.361. The van der Waals surface area contributed by atoms with Crippen molar-refractivity contribution in [2.45, 2.75) is 32.8 Å². The average molecular weight is 284 g/mol. The van der Waals surface area contributed by atoms with E-state index in [1.165, 1.54) is 0 Å². The molecule has 2 amide bonds. The molecule has 1 rings (SSSR count).